The molecular formula is C27H28N2O2S. The predicted molar refractivity (Wildman–Crippen MR) is 133 cm³/mol. The Kier molecular flexibility index (Phi) is 6.66. The van der Waals surface area contributed by atoms with Gasteiger partial charge in [-0.25, -0.2) is 0 Å². The lowest BCUT2D eigenvalue weighted by Gasteiger charge is -2.27. The SMILES string of the molecule is CCc1ccc(C(=O)Nc2ccc(C3SCC(=O)N3c3ccccc3C(C)C)cc2)cc1. The number of aryl methyl sites for hydroxylation is 1. The number of anilines is 2. The second-order valence-corrected chi connectivity index (χ2v) is 9.34. The number of nitrogens with one attached hydrogen (secondary N) is 1. The number of rotatable bonds is 6. The highest BCUT2D eigenvalue weighted by molar-refractivity contribution is 8.00. The van der Waals surface area contributed by atoms with Gasteiger partial charge < -0.3 is 5.32 Å². The van der Waals surface area contributed by atoms with Gasteiger partial charge >= 0.3 is 0 Å². The van der Waals surface area contributed by atoms with Gasteiger partial charge in [-0.05, 0) is 59.4 Å². The van der Waals surface area contributed by atoms with Crippen LogP contribution in [0.15, 0.2) is 72.8 Å². The topological polar surface area (TPSA) is 49.4 Å². The minimum atomic E-state index is -0.127. The Balaban J connectivity index is 1.53. The lowest BCUT2D eigenvalue weighted by Crippen LogP contribution is -2.29. The van der Waals surface area contributed by atoms with Crippen LogP contribution in [-0.4, -0.2) is 17.6 Å². The molecule has 5 heteroatoms. The zero-order chi connectivity index (χ0) is 22.7. The predicted octanol–water partition coefficient (Wildman–Crippen LogP) is 6.40. The molecule has 0 aliphatic carbocycles. The van der Waals surface area contributed by atoms with Crippen LogP contribution >= 0.6 is 11.8 Å². The molecule has 0 spiro atoms. The van der Waals surface area contributed by atoms with E-state index in [9.17, 15) is 9.59 Å². The summed E-state index contributed by atoms with van der Waals surface area (Å²) in [4.78, 5) is 27.3. The van der Waals surface area contributed by atoms with E-state index in [2.05, 4.69) is 32.2 Å². The van der Waals surface area contributed by atoms with Crippen molar-refractivity contribution in [3.8, 4) is 0 Å². The van der Waals surface area contributed by atoms with E-state index >= 15 is 0 Å². The van der Waals surface area contributed by atoms with Crippen molar-refractivity contribution in [3.63, 3.8) is 0 Å². The molecule has 3 aromatic rings. The van der Waals surface area contributed by atoms with Gasteiger partial charge in [0, 0.05) is 16.9 Å². The van der Waals surface area contributed by atoms with E-state index in [-0.39, 0.29) is 17.2 Å². The molecule has 1 heterocycles. The van der Waals surface area contributed by atoms with Crippen LogP contribution in [0.5, 0.6) is 0 Å². The van der Waals surface area contributed by atoms with Crippen LogP contribution in [0, 0.1) is 0 Å². The second kappa shape index (κ2) is 9.61. The Hall–Kier alpha value is -3.05. The van der Waals surface area contributed by atoms with Crippen molar-refractivity contribution < 1.29 is 9.59 Å². The van der Waals surface area contributed by atoms with Crippen molar-refractivity contribution in [2.75, 3.05) is 16.0 Å². The van der Waals surface area contributed by atoms with E-state index in [0.717, 1.165) is 23.4 Å². The Morgan fingerprint density at radius 3 is 2.38 bits per heavy atom. The van der Waals surface area contributed by atoms with E-state index < -0.39 is 0 Å². The van der Waals surface area contributed by atoms with Crippen LogP contribution in [0.1, 0.15) is 59.1 Å². The van der Waals surface area contributed by atoms with Crippen LogP contribution in [0.3, 0.4) is 0 Å². The molecule has 1 aliphatic heterocycles. The lowest BCUT2D eigenvalue weighted by atomic mass is 10.00. The third kappa shape index (κ3) is 4.58. The summed E-state index contributed by atoms with van der Waals surface area (Å²) in [6.45, 7) is 6.39. The first kappa shape index (κ1) is 22.2. The van der Waals surface area contributed by atoms with Gasteiger partial charge in [-0.15, -0.1) is 11.8 Å². The average Bonchev–Trinajstić information content (AvgIpc) is 3.20. The molecule has 1 unspecified atom stereocenters. The number of benzene rings is 3. The molecule has 4 nitrogen and oxygen atoms in total. The van der Waals surface area contributed by atoms with Crippen LogP contribution in [-0.2, 0) is 11.2 Å². The summed E-state index contributed by atoms with van der Waals surface area (Å²) in [6.07, 6.45) is 0.948. The Bertz CT molecular complexity index is 1110. The van der Waals surface area contributed by atoms with Crippen LogP contribution in [0.2, 0.25) is 0 Å². The van der Waals surface area contributed by atoms with Crippen molar-refractivity contribution in [2.45, 2.75) is 38.5 Å². The normalized spacial score (nSPS) is 15.9. The first-order chi connectivity index (χ1) is 15.5. The summed E-state index contributed by atoms with van der Waals surface area (Å²) in [7, 11) is 0. The number of carbonyl (C=O) groups is 2. The van der Waals surface area contributed by atoms with Gasteiger partial charge in [0.25, 0.3) is 5.91 Å². The number of amides is 2. The molecule has 0 radical (unpaired) electrons. The van der Waals surface area contributed by atoms with Gasteiger partial charge in [-0.2, -0.15) is 0 Å². The molecule has 2 amide bonds. The highest BCUT2D eigenvalue weighted by atomic mass is 32.2. The molecule has 1 atom stereocenters. The largest absolute Gasteiger partial charge is 0.322 e. The summed E-state index contributed by atoms with van der Waals surface area (Å²) in [5, 5.41) is 2.89. The Labute approximate surface area is 194 Å². The second-order valence-electron chi connectivity index (χ2n) is 8.27. The van der Waals surface area contributed by atoms with Crippen molar-refractivity contribution >= 4 is 35.0 Å². The number of hydrogen-bond donors (Lipinski definition) is 1. The first-order valence-electron chi connectivity index (χ1n) is 11.0. The Morgan fingerprint density at radius 1 is 1.03 bits per heavy atom. The molecule has 1 aliphatic rings. The molecule has 4 rings (SSSR count). The van der Waals surface area contributed by atoms with Crippen molar-refractivity contribution in [3.05, 3.63) is 95.1 Å². The number of thioether (sulfide) groups is 1. The van der Waals surface area contributed by atoms with Gasteiger partial charge in [0.05, 0.1) is 5.75 Å². The third-order valence-electron chi connectivity index (χ3n) is 5.76. The molecule has 164 valence electrons. The summed E-state index contributed by atoms with van der Waals surface area (Å²) < 4.78 is 0. The van der Waals surface area contributed by atoms with Crippen molar-refractivity contribution in [2.24, 2.45) is 0 Å². The van der Waals surface area contributed by atoms with E-state index in [1.165, 1.54) is 11.1 Å². The molecule has 3 aromatic carbocycles. The van der Waals surface area contributed by atoms with Gasteiger partial charge in [-0.1, -0.05) is 63.2 Å². The van der Waals surface area contributed by atoms with E-state index in [1.54, 1.807) is 11.8 Å². The summed E-state index contributed by atoms with van der Waals surface area (Å²) in [5.74, 6) is 0.789. The Morgan fingerprint density at radius 2 is 1.72 bits per heavy atom. The zero-order valence-electron chi connectivity index (χ0n) is 18.7. The lowest BCUT2D eigenvalue weighted by molar-refractivity contribution is -0.115. The van der Waals surface area contributed by atoms with E-state index in [4.69, 9.17) is 0 Å². The standard InChI is InChI=1S/C27H28N2O2S/c1-4-19-9-11-20(12-10-19)26(31)28-22-15-13-21(14-16-22)27-29(25(30)17-32-27)24-8-6-5-7-23(24)18(2)3/h5-16,18,27H,4,17H2,1-3H3,(H,28,31). The molecule has 1 fully saturated rings. The van der Waals surface area contributed by atoms with Crippen molar-refractivity contribution in [1.29, 1.82) is 0 Å². The molecule has 32 heavy (non-hydrogen) atoms. The maximum atomic E-state index is 12.8. The fraction of sp³-hybridized carbons (Fsp3) is 0.259. The van der Waals surface area contributed by atoms with Crippen LogP contribution in [0.4, 0.5) is 11.4 Å². The van der Waals surface area contributed by atoms with E-state index in [0.29, 0.717) is 17.2 Å². The van der Waals surface area contributed by atoms with Crippen LogP contribution < -0.4 is 10.2 Å². The fourth-order valence-electron chi connectivity index (χ4n) is 3.95. The number of hydrogen-bond acceptors (Lipinski definition) is 3. The molecule has 0 bridgehead atoms. The number of carbonyl (C=O) groups excluding carboxylic acids is 2. The molecule has 0 saturated carbocycles. The van der Waals surface area contributed by atoms with Gasteiger partial charge in [-0.3, -0.25) is 14.5 Å². The summed E-state index contributed by atoms with van der Waals surface area (Å²) >= 11 is 1.64. The highest BCUT2D eigenvalue weighted by Crippen LogP contribution is 2.44. The number of nitrogens with zero attached hydrogens (tertiary/aromatic N) is 1. The van der Waals surface area contributed by atoms with E-state index in [1.807, 2.05) is 71.6 Å². The highest BCUT2D eigenvalue weighted by Gasteiger charge is 2.35. The molecule has 1 saturated heterocycles. The minimum Gasteiger partial charge on any atom is -0.322 e. The minimum absolute atomic E-state index is 0.0752. The smallest absolute Gasteiger partial charge is 0.255 e. The third-order valence-corrected chi connectivity index (χ3v) is 6.98. The fourth-order valence-corrected chi connectivity index (χ4v) is 5.12. The first-order valence-corrected chi connectivity index (χ1v) is 12.1. The van der Waals surface area contributed by atoms with Crippen molar-refractivity contribution in [1.82, 2.24) is 0 Å². The summed E-state index contributed by atoms with van der Waals surface area (Å²) in [5.41, 5.74) is 5.78. The molecule has 1 N–H and O–H groups in total. The monoisotopic (exact) mass is 444 g/mol. The molecular weight excluding hydrogens is 416 g/mol. The molecule has 0 aromatic heterocycles. The maximum Gasteiger partial charge on any atom is 0.255 e. The number of para-hydroxylation sites is 1. The quantitative estimate of drug-likeness (QED) is 0.478. The van der Waals surface area contributed by atoms with Crippen LogP contribution in [0.25, 0.3) is 0 Å². The van der Waals surface area contributed by atoms with Gasteiger partial charge in [0.2, 0.25) is 5.91 Å². The maximum absolute atomic E-state index is 12.8. The van der Waals surface area contributed by atoms with Gasteiger partial charge in [0.1, 0.15) is 5.37 Å². The average molecular weight is 445 g/mol. The summed E-state index contributed by atoms with van der Waals surface area (Å²) in [6, 6.07) is 23.6. The zero-order valence-corrected chi connectivity index (χ0v) is 19.5. The van der Waals surface area contributed by atoms with Gasteiger partial charge in [0.15, 0.2) is 0 Å².